The highest BCUT2D eigenvalue weighted by Gasteiger charge is 2.31. The lowest BCUT2D eigenvalue weighted by molar-refractivity contribution is -0.126. The number of hydrogen-bond acceptors (Lipinski definition) is 5. The third kappa shape index (κ3) is 3.68. The molecule has 0 bridgehead atoms. The summed E-state index contributed by atoms with van der Waals surface area (Å²) in [6, 6.07) is 9.46. The highest BCUT2D eigenvalue weighted by Crippen LogP contribution is 2.26. The smallest absolute Gasteiger partial charge is 0.324 e. The molecule has 25 heavy (non-hydrogen) atoms. The maximum absolute atomic E-state index is 12.4. The number of nitrogens with one attached hydrogen (secondary N) is 1. The van der Waals surface area contributed by atoms with Crippen LogP contribution in [-0.2, 0) is 4.79 Å². The first-order valence-corrected chi connectivity index (χ1v) is 9.13. The fraction of sp³-hybridized carbons (Fsp3) is 0.412. The minimum atomic E-state index is -0.435. The number of nitrogens with zero attached hydrogens (tertiary/aromatic N) is 4. The molecule has 0 unspecified atom stereocenters. The first-order chi connectivity index (χ1) is 12.0. The van der Waals surface area contributed by atoms with Crippen molar-refractivity contribution in [1.82, 2.24) is 25.0 Å². The fourth-order valence-corrected chi connectivity index (χ4v) is 3.42. The molecule has 0 saturated carbocycles. The maximum Gasteiger partial charge on any atom is 0.324 e. The van der Waals surface area contributed by atoms with Crippen LogP contribution in [0.1, 0.15) is 32.5 Å². The largest absolute Gasteiger partial charge is 0.336 e. The van der Waals surface area contributed by atoms with Crippen molar-refractivity contribution < 1.29 is 9.59 Å². The zero-order valence-electron chi connectivity index (χ0n) is 14.5. The van der Waals surface area contributed by atoms with E-state index in [4.69, 9.17) is 0 Å². The Morgan fingerprint density at radius 1 is 1.24 bits per heavy atom. The lowest BCUT2D eigenvalue weighted by Gasteiger charge is -2.16. The summed E-state index contributed by atoms with van der Waals surface area (Å²) in [5.41, 5.74) is 0.934. The first-order valence-electron chi connectivity index (χ1n) is 8.25. The molecule has 3 amide bonds. The molecular formula is C17H21N5O2S. The first kappa shape index (κ1) is 17.5. The molecule has 8 heteroatoms. The van der Waals surface area contributed by atoms with Crippen LogP contribution in [0.15, 0.2) is 35.5 Å². The van der Waals surface area contributed by atoms with E-state index in [0.29, 0.717) is 18.2 Å². The van der Waals surface area contributed by atoms with Crippen LogP contribution in [0.2, 0.25) is 0 Å². The second-order valence-corrected chi connectivity index (χ2v) is 7.44. The van der Waals surface area contributed by atoms with E-state index in [0.717, 1.165) is 11.5 Å². The van der Waals surface area contributed by atoms with Gasteiger partial charge in [0.25, 0.3) is 0 Å². The van der Waals surface area contributed by atoms with E-state index >= 15 is 0 Å². The molecule has 1 aromatic carbocycles. The van der Waals surface area contributed by atoms with Crippen LogP contribution in [-0.4, -0.2) is 49.9 Å². The number of thioether (sulfide) groups is 1. The van der Waals surface area contributed by atoms with E-state index in [9.17, 15) is 9.59 Å². The van der Waals surface area contributed by atoms with Gasteiger partial charge in [0.2, 0.25) is 11.1 Å². The summed E-state index contributed by atoms with van der Waals surface area (Å²) in [5.74, 6) is 0.812. The highest BCUT2D eigenvalue weighted by molar-refractivity contribution is 8.00. The molecule has 0 aliphatic carbocycles. The van der Waals surface area contributed by atoms with Crippen molar-refractivity contribution in [2.45, 2.75) is 37.1 Å². The molecule has 1 N–H and O–H groups in total. The van der Waals surface area contributed by atoms with Gasteiger partial charge in [-0.3, -0.25) is 9.69 Å². The third-order valence-electron chi connectivity index (χ3n) is 3.88. The maximum atomic E-state index is 12.4. The Kier molecular flexibility index (Phi) is 5.08. The number of benzene rings is 1. The lowest BCUT2D eigenvalue weighted by atomic mass is 10.2. The van der Waals surface area contributed by atoms with Gasteiger partial charge in [-0.05, 0) is 19.1 Å². The highest BCUT2D eigenvalue weighted by atomic mass is 32.2. The molecule has 1 atom stereocenters. The van der Waals surface area contributed by atoms with Crippen LogP contribution in [0.4, 0.5) is 4.79 Å². The molecule has 132 valence electrons. The van der Waals surface area contributed by atoms with E-state index in [-0.39, 0.29) is 17.9 Å². The summed E-state index contributed by atoms with van der Waals surface area (Å²) in [6.07, 6.45) is 0. The molecule has 2 heterocycles. The lowest BCUT2D eigenvalue weighted by Crippen LogP contribution is -2.38. The van der Waals surface area contributed by atoms with Gasteiger partial charge in [0, 0.05) is 19.0 Å². The van der Waals surface area contributed by atoms with Crippen LogP contribution in [0.25, 0.3) is 5.69 Å². The van der Waals surface area contributed by atoms with E-state index in [1.807, 2.05) is 35.0 Å². The average Bonchev–Trinajstić information content (AvgIpc) is 3.21. The number of para-hydroxylation sites is 1. The average molecular weight is 359 g/mol. The Labute approximate surface area is 150 Å². The number of carbonyl (C=O) groups is 2. The molecule has 7 nitrogen and oxygen atoms in total. The summed E-state index contributed by atoms with van der Waals surface area (Å²) in [5, 5.41) is 7.31. The van der Waals surface area contributed by atoms with Gasteiger partial charge in [-0.15, -0.1) is 5.10 Å². The molecular weight excluding hydrogens is 338 g/mol. The summed E-state index contributed by atoms with van der Waals surface area (Å²) in [7, 11) is 0. The fourth-order valence-electron chi connectivity index (χ4n) is 2.60. The SMILES string of the molecule is CC(C)c1nc(S[C@H](C)C(=O)N2CCNC2=O)nn1-c1ccccc1. The molecule has 1 fully saturated rings. The standard InChI is InChI=1S/C17H21N5O2S/c1-11(2)14-19-16(20-22(14)13-7-5-4-6-8-13)25-12(3)15(23)21-10-9-18-17(21)24/h4-8,11-12H,9-10H2,1-3H3,(H,18,24)/t12-/m1/s1. The van der Waals surface area contributed by atoms with Gasteiger partial charge in [-0.2, -0.15) is 0 Å². The summed E-state index contributed by atoms with van der Waals surface area (Å²) in [4.78, 5) is 29.9. The van der Waals surface area contributed by atoms with Gasteiger partial charge < -0.3 is 5.32 Å². The van der Waals surface area contributed by atoms with Gasteiger partial charge in [0.1, 0.15) is 5.82 Å². The van der Waals surface area contributed by atoms with E-state index in [2.05, 4.69) is 29.2 Å². The van der Waals surface area contributed by atoms with Gasteiger partial charge in [0.15, 0.2) is 0 Å². The van der Waals surface area contributed by atoms with Crippen molar-refractivity contribution in [1.29, 1.82) is 0 Å². The molecule has 1 aromatic heterocycles. The summed E-state index contributed by atoms with van der Waals surface area (Å²) in [6.45, 7) is 6.80. The van der Waals surface area contributed by atoms with E-state index < -0.39 is 5.25 Å². The predicted octanol–water partition coefficient (Wildman–Crippen LogP) is 2.42. The molecule has 0 spiro atoms. The summed E-state index contributed by atoms with van der Waals surface area (Å²) >= 11 is 1.27. The normalized spacial score (nSPS) is 15.5. The number of amides is 3. The van der Waals surface area contributed by atoms with Crippen molar-refractivity contribution in [2.75, 3.05) is 13.1 Å². The van der Waals surface area contributed by atoms with Gasteiger partial charge in [-0.25, -0.2) is 14.5 Å². The summed E-state index contributed by atoms with van der Waals surface area (Å²) < 4.78 is 1.81. The molecule has 0 radical (unpaired) electrons. The molecule has 2 aromatic rings. The van der Waals surface area contributed by atoms with Crippen LogP contribution in [0.5, 0.6) is 0 Å². The number of hydrogen-bond donors (Lipinski definition) is 1. The molecule has 3 rings (SSSR count). The van der Waals surface area contributed by atoms with Gasteiger partial charge in [0.05, 0.1) is 10.9 Å². The van der Waals surface area contributed by atoms with Crippen LogP contribution < -0.4 is 5.32 Å². The Hall–Kier alpha value is -2.35. The minimum Gasteiger partial charge on any atom is -0.336 e. The van der Waals surface area contributed by atoms with Crippen molar-refractivity contribution in [2.24, 2.45) is 0 Å². The Balaban J connectivity index is 1.81. The predicted molar refractivity (Wildman–Crippen MR) is 95.9 cm³/mol. The van der Waals surface area contributed by atoms with Crippen molar-refractivity contribution in [3.05, 3.63) is 36.2 Å². The Morgan fingerprint density at radius 3 is 2.56 bits per heavy atom. The van der Waals surface area contributed by atoms with Gasteiger partial charge >= 0.3 is 6.03 Å². The van der Waals surface area contributed by atoms with Crippen LogP contribution in [0, 0.1) is 0 Å². The van der Waals surface area contributed by atoms with Crippen molar-refractivity contribution in [3.8, 4) is 5.69 Å². The zero-order valence-corrected chi connectivity index (χ0v) is 15.3. The quantitative estimate of drug-likeness (QED) is 0.830. The van der Waals surface area contributed by atoms with Gasteiger partial charge in [-0.1, -0.05) is 43.8 Å². The van der Waals surface area contributed by atoms with Crippen molar-refractivity contribution >= 4 is 23.7 Å². The zero-order chi connectivity index (χ0) is 18.0. The Bertz CT molecular complexity index is 775. The molecule has 1 saturated heterocycles. The number of rotatable bonds is 5. The second kappa shape index (κ2) is 7.26. The van der Waals surface area contributed by atoms with E-state index in [1.165, 1.54) is 16.7 Å². The number of urea groups is 1. The third-order valence-corrected chi connectivity index (χ3v) is 4.82. The minimum absolute atomic E-state index is 0.192. The number of imide groups is 1. The second-order valence-electron chi connectivity index (χ2n) is 6.14. The van der Waals surface area contributed by atoms with E-state index in [1.54, 1.807) is 6.92 Å². The molecule has 1 aliphatic rings. The number of aromatic nitrogens is 3. The van der Waals surface area contributed by atoms with Crippen LogP contribution >= 0.6 is 11.8 Å². The van der Waals surface area contributed by atoms with Crippen molar-refractivity contribution in [3.63, 3.8) is 0 Å². The molecule has 1 aliphatic heterocycles. The van der Waals surface area contributed by atoms with Crippen LogP contribution in [0.3, 0.4) is 0 Å². The topological polar surface area (TPSA) is 80.1 Å². The monoisotopic (exact) mass is 359 g/mol. The number of carbonyl (C=O) groups excluding carboxylic acids is 2. The Morgan fingerprint density at radius 2 is 1.96 bits per heavy atom.